The Balaban J connectivity index is 1.87. The van der Waals surface area contributed by atoms with E-state index < -0.39 is 0 Å². The van der Waals surface area contributed by atoms with E-state index in [1.54, 1.807) is 0 Å². The zero-order valence-corrected chi connectivity index (χ0v) is 12.6. The number of carbonyl (C=O) groups excluding carboxylic acids is 1. The summed E-state index contributed by atoms with van der Waals surface area (Å²) in [4.78, 5) is 11.6. The number of hydrogen-bond acceptors (Lipinski definition) is 1. The van der Waals surface area contributed by atoms with E-state index in [-0.39, 0.29) is 0 Å². The summed E-state index contributed by atoms with van der Waals surface area (Å²) >= 11 is 0. The highest BCUT2D eigenvalue weighted by Crippen LogP contribution is 2.17. The maximum atomic E-state index is 11.6. The fraction of sp³-hybridized carbons (Fsp3) is 0.722. The number of carbonyl (C=O) groups is 1. The van der Waals surface area contributed by atoms with Crippen LogP contribution < -0.4 is 0 Å². The van der Waals surface area contributed by atoms with Gasteiger partial charge in [-0.2, -0.15) is 0 Å². The summed E-state index contributed by atoms with van der Waals surface area (Å²) in [6.45, 7) is 2.27. The van der Waals surface area contributed by atoms with Crippen molar-refractivity contribution in [2.24, 2.45) is 0 Å². The SMILES string of the molecule is CCCCCCCCCCCCC1=CC=CCC1=O. The minimum Gasteiger partial charge on any atom is -0.294 e. The van der Waals surface area contributed by atoms with Crippen molar-refractivity contribution in [3.8, 4) is 0 Å². The van der Waals surface area contributed by atoms with Crippen LogP contribution in [0.1, 0.15) is 84.0 Å². The Bertz CT molecular complexity index is 299. The molecule has 0 bridgehead atoms. The average molecular weight is 262 g/mol. The summed E-state index contributed by atoms with van der Waals surface area (Å²) in [6.07, 6.45) is 21.1. The van der Waals surface area contributed by atoms with Crippen LogP contribution in [0.5, 0.6) is 0 Å². The molecule has 0 saturated heterocycles. The maximum Gasteiger partial charge on any atom is 0.162 e. The molecule has 0 radical (unpaired) electrons. The molecule has 108 valence electrons. The van der Waals surface area contributed by atoms with Crippen LogP contribution in [0.4, 0.5) is 0 Å². The maximum absolute atomic E-state index is 11.6. The van der Waals surface area contributed by atoms with E-state index in [1.807, 2.05) is 18.2 Å². The number of rotatable bonds is 11. The molecule has 0 fully saturated rings. The molecule has 1 aliphatic carbocycles. The number of Topliss-reactive ketones (excluding diaryl/α,β-unsaturated/α-hetero) is 1. The summed E-state index contributed by atoms with van der Waals surface area (Å²) in [5.74, 6) is 0.332. The largest absolute Gasteiger partial charge is 0.294 e. The third kappa shape index (κ3) is 8.02. The van der Waals surface area contributed by atoms with Gasteiger partial charge in [-0.3, -0.25) is 4.79 Å². The van der Waals surface area contributed by atoms with Gasteiger partial charge in [0, 0.05) is 6.42 Å². The predicted octanol–water partition coefficient (Wildman–Crippen LogP) is 5.75. The lowest BCUT2D eigenvalue weighted by molar-refractivity contribution is -0.115. The molecule has 0 aromatic carbocycles. The Morgan fingerprint density at radius 3 is 2.05 bits per heavy atom. The number of hydrogen-bond donors (Lipinski definition) is 0. The van der Waals surface area contributed by atoms with Crippen molar-refractivity contribution in [1.82, 2.24) is 0 Å². The molecule has 0 aromatic rings. The minimum atomic E-state index is 0.332. The molecule has 1 rings (SSSR count). The minimum absolute atomic E-state index is 0.332. The van der Waals surface area contributed by atoms with Crippen LogP contribution in [0.2, 0.25) is 0 Å². The van der Waals surface area contributed by atoms with Crippen molar-refractivity contribution < 1.29 is 4.79 Å². The quantitative estimate of drug-likeness (QED) is 0.433. The Kier molecular flexibility index (Phi) is 9.40. The molecule has 1 aliphatic rings. The van der Waals surface area contributed by atoms with Gasteiger partial charge in [-0.25, -0.2) is 0 Å². The Labute approximate surface area is 119 Å². The molecule has 1 nitrogen and oxygen atoms in total. The third-order valence-electron chi connectivity index (χ3n) is 3.89. The Morgan fingerprint density at radius 2 is 1.47 bits per heavy atom. The van der Waals surface area contributed by atoms with Crippen LogP contribution in [0, 0.1) is 0 Å². The summed E-state index contributed by atoms with van der Waals surface area (Å²) in [5, 5.41) is 0. The highest BCUT2D eigenvalue weighted by atomic mass is 16.1. The first kappa shape index (κ1) is 16.2. The molecule has 0 unspecified atom stereocenters. The molecule has 0 spiro atoms. The van der Waals surface area contributed by atoms with Gasteiger partial charge in [0.15, 0.2) is 5.78 Å². The zero-order valence-electron chi connectivity index (χ0n) is 12.6. The normalized spacial score (nSPS) is 14.8. The molecule has 0 atom stereocenters. The summed E-state index contributed by atoms with van der Waals surface area (Å²) in [6, 6.07) is 0. The zero-order chi connectivity index (χ0) is 13.8. The fourth-order valence-corrected chi connectivity index (χ4v) is 2.61. The summed E-state index contributed by atoms with van der Waals surface area (Å²) in [7, 11) is 0. The van der Waals surface area contributed by atoms with Gasteiger partial charge >= 0.3 is 0 Å². The second-order valence-corrected chi connectivity index (χ2v) is 5.68. The van der Waals surface area contributed by atoms with E-state index in [0.29, 0.717) is 12.2 Å². The van der Waals surface area contributed by atoms with E-state index in [0.717, 1.165) is 12.0 Å². The van der Waals surface area contributed by atoms with Crippen molar-refractivity contribution in [3.63, 3.8) is 0 Å². The molecule has 0 aromatic heterocycles. The lowest BCUT2D eigenvalue weighted by Crippen LogP contribution is -2.03. The van der Waals surface area contributed by atoms with Gasteiger partial charge in [0.2, 0.25) is 0 Å². The fourth-order valence-electron chi connectivity index (χ4n) is 2.61. The molecular formula is C18H30O. The smallest absolute Gasteiger partial charge is 0.162 e. The van der Waals surface area contributed by atoms with E-state index >= 15 is 0 Å². The molecular weight excluding hydrogens is 232 g/mol. The van der Waals surface area contributed by atoms with Crippen molar-refractivity contribution in [2.45, 2.75) is 84.0 Å². The molecule has 0 aliphatic heterocycles. The van der Waals surface area contributed by atoms with Gasteiger partial charge in [0.05, 0.1) is 0 Å². The standard InChI is InChI=1S/C18H30O/c1-2-3-4-5-6-7-8-9-10-11-14-17-15-12-13-16-18(17)19/h12-13,15H,2-11,14,16H2,1H3. The van der Waals surface area contributed by atoms with E-state index in [2.05, 4.69) is 6.92 Å². The van der Waals surface area contributed by atoms with E-state index in [4.69, 9.17) is 0 Å². The first-order valence-corrected chi connectivity index (χ1v) is 8.23. The van der Waals surface area contributed by atoms with Crippen molar-refractivity contribution in [3.05, 3.63) is 23.8 Å². The van der Waals surface area contributed by atoms with Gasteiger partial charge < -0.3 is 0 Å². The molecule has 0 saturated carbocycles. The van der Waals surface area contributed by atoms with Crippen LogP contribution in [-0.2, 0) is 4.79 Å². The lowest BCUT2D eigenvalue weighted by Gasteiger charge is -2.07. The molecule has 0 heterocycles. The van der Waals surface area contributed by atoms with Crippen LogP contribution in [0.3, 0.4) is 0 Å². The van der Waals surface area contributed by atoms with Crippen molar-refractivity contribution in [1.29, 1.82) is 0 Å². The van der Waals surface area contributed by atoms with Gasteiger partial charge in [-0.15, -0.1) is 0 Å². The van der Waals surface area contributed by atoms with Gasteiger partial charge in [0.1, 0.15) is 0 Å². The highest BCUT2D eigenvalue weighted by molar-refractivity contribution is 5.97. The van der Waals surface area contributed by atoms with Crippen LogP contribution in [0.25, 0.3) is 0 Å². The topological polar surface area (TPSA) is 17.1 Å². The lowest BCUT2D eigenvalue weighted by atomic mass is 9.97. The highest BCUT2D eigenvalue weighted by Gasteiger charge is 2.09. The molecule has 0 N–H and O–H groups in total. The van der Waals surface area contributed by atoms with Gasteiger partial charge in [0.25, 0.3) is 0 Å². The van der Waals surface area contributed by atoms with E-state index in [1.165, 1.54) is 64.2 Å². The van der Waals surface area contributed by atoms with Gasteiger partial charge in [-0.05, 0) is 18.4 Å². The molecule has 19 heavy (non-hydrogen) atoms. The summed E-state index contributed by atoms with van der Waals surface area (Å²) in [5.41, 5.74) is 1.04. The molecule has 0 amide bonds. The Hall–Kier alpha value is -0.850. The second kappa shape index (κ2) is 11.0. The van der Waals surface area contributed by atoms with Crippen molar-refractivity contribution in [2.75, 3.05) is 0 Å². The summed E-state index contributed by atoms with van der Waals surface area (Å²) < 4.78 is 0. The van der Waals surface area contributed by atoms with E-state index in [9.17, 15) is 4.79 Å². The number of unbranched alkanes of at least 4 members (excludes halogenated alkanes) is 9. The predicted molar refractivity (Wildman–Crippen MR) is 83.3 cm³/mol. The average Bonchev–Trinajstić information content (AvgIpc) is 2.43. The first-order chi connectivity index (χ1) is 9.34. The van der Waals surface area contributed by atoms with Crippen molar-refractivity contribution >= 4 is 5.78 Å². The monoisotopic (exact) mass is 262 g/mol. The number of ketones is 1. The van der Waals surface area contributed by atoms with Gasteiger partial charge in [-0.1, -0.05) is 82.9 Å². The first-order valence-electron chi connectivity index (χ1n) is 8.23. The number of allylic oxidation sites excluding steroid dienone is 4. The van der Waals surface area contributed by atoms with Crippen LogP contribution >= 0.6 is 0 Å². The molecule has 1 heteroatoms. The Morgan fingerprint density at radius 1 is 0.895 bits per heavy atom. The third-order valence-corrected chi connectivity index (χ3v) is 3.89. The second-order valence-electron chi connectivity index (χ2n) is 5.68. The van der Waals surface area contributed by atoms with Crippen LogP contribution in [0.15, 0.2) is 23.8 Å². The van der Waals surface area contributed by atoms with Crippen LogP contribution in [-0.4, -0.2) is 5.78 Å².